The van der Waals surface area contributed by atoms with Crippen molar-refractivity contribution in [1.82, 2.24) is 10.6 Å². The van der Waals surface area contributed by atoms with Crippen molar-refractivity contribution < 1.29 is 19.1 Å². The van der Waals surface area contributed by atoms with Gasteiger partial charge in [0.2, 0.25) is 5.91 Å². The van der Waals surface area contributed by atoms with Gasteiger partial charge in [-0.05, 0) is 26.8 Å². The lowest BCUT2D eigenvalue weighted by Gasteiger charge is -2.30. The standard InChI is InChI=1S/C14H19N3O4/c1-8(18)16-12-10(5-9(7-15)6-11(12)19)17-13(20)21-14(2,3)4/h6,10,12H,5H2,1-4H3,(H,16,18)(H,17,20)/t10-,12+/m0/s1. The summed E-state index contributed by atoms with van der Waals surface area (Å²) in [6, 6.07) is 0.287. The molecule has 2 N–H and O–H groups in total. The van der Waals surface area contributed by atoms with Crippen molar-refractivity contribution in [3.05, 3.63) is 11.6 Å². The minimum Gasteiger partial charge on any atom is -0.444 e. The number of ketones is 1. The summed E-state index contributed by atoms with van der Waals surface area (Å²) in [6.45, 7) is 6.42. The van der Waals surface area contributed by atoms with Gasteiger partial charge in [0.25, 0.3) is 0 Å². The molecule has 0 unspecified atom stereocenters. The zero-order valence-electron chi connectivity index (χ0n) is 12.5. The van der Waals surface area contributed by atoms with Crippen molar-refractivity contribution in [3.8, 4) is 6.07 Å². The smallest absolute Gasteiger partial charge is 0.407 e. The first-order valence-corrected chi connectivity index (χ1v) is 6.53. The third-order valence-corrected chi connectivity index (χ3v) is 2.67. The number of hydrogen-bond acceptors (Lipinski definition) is 5. The molecule has 7 heteroatoms. The van der Waals surface area contributed by atoms with Crippen molar-refractivity contribution in [1.29, 1.82) is 5.26 Å². The first-order chi connectivity index (χ1) is 9.62. The molecule has 21 heavy (non-hydrogen) atoms. The third-order valence-electron chi connectivity index (χ3n) is 2.67. The summed E-state index contributed by atoms with van der Waals surface area (Å²) in [5.41, 5.74) is -0.428. The number of rotatable bonds is 2. The van der Waals surface area contributed by atoms with E-state index in [0.29, 0.717) is 0 Å². The summed E-state index contributed by atoms with van der Waals surface area (Å²) in [5.74, 6) is -0.813. The fourth-order valence-corrected chi connectivity index (χ4v) is 1.94. The van der Waals surface area contributed by atoms with Gasteiger partial charge >= 0.3 is 6.09 Å². The molecule has 0 radical (unpaired) electrons. The summed E-state index contributed by atoms with van der Waals surface area (Å²) in [7, 11) is 0. The van der Waals surface area contributed by atoms with E-state index < -0.39 is 35.5 Å². The van der Waals surface area contributed by atoms with Crippen molar-refractivity contribution >= 4 is 17.8 Å². The van der Waals surface area contributed by atoms with Crippen LogP contribution in [0.5, 0.6) is 0 Å². The van der Waals surface area contributed by atoms with E-state index in [1.54, 1.807) is 20.8 Å². The molecule has 0 heterocycles. The number of nitriles is 1. The van der Waals surface area contributed by atoms with Gasteiger partial charge in [-0.3, -0.25) is 9.59 Å². The Morgan fingerprint density at radius 1 is 1.38 bits per heavy atom. The van der Waals surface area contributed by atoms with E-state index in [4.69, 9.17) is 10.00 Å². The second-order valence-corrected chi connectivity index (χ2v) is 5.82. The average molecular weight is 293 g/mol. The zero-order chi connectivity index (χ0) is 16.2. The molecule has 2 amide bonds. The van der Waals surface area contributed by atoms with Gasteiger partial charge in [-0.15, -0.1) is 0 Å². The molecule has 114 valence electrons. The number of carbonyl (C=O) groups is 3. The van der Waals surface area contributed by atoms with Gasteiger partial charge in [-0.25, -0.2) is 4.79 Å². The predicted octanol–water partition coefficient (Wildman–Crippen LogP) is 0.807. The van der Waals surface area contributed by atoms with E-state index >= 15 is 0 Å². The fraction of sp³-hybridized carbons (Fsp3) is 0.571. The molecule has 7 nitrogen and oxygen atoms in total. The predicted molar refractivity (Wildman–Crippen MR) is 74.1 cm³/mol. The van der Waals surface area contributed by atoms with E-state index in [1.807, 2.05) is 6.07 Å². The van der Waals surface area contributed by atoms with E-state index in [1.165, 1.54) is 13.0 Å². The Balaban J connectivity index is 2.87. The van der Waals surface area contributed by atoms with Gasteiger partial charge in [0, 0.05) is 18.9 Å². The van der Waals surface area contributed by atoms with Crippen LogP contribution < -0.4 is 10.6 Å². The molecule has 1 aliphatic carbocycles. The van der Waals surface area contributed by atoms with E-state index in [0.717, 1.165) is 0 Å². The number of hydrogen-bond donors (Lipinski definition) is 2. The topological polar surface area (TPSA) is 108 Å². The molecule has 0 saturated carbocycles. The van der Waals surface area contributed by atoms with Crippen LogP contribution in [0.3, 0.4) is 0 Å². The lowest BCUT2D eigenvalue weighted by molar-refractivity contribution is -0.125. The van der Waals surface area contributed by atoms with Crippen molar-refractivity contribution in [2.24, 2.45) is 0 Å². The minimum absolute atomic E-state index is 0.159. The average Bonchev–Trinajstić information content (AvgIpc) is 2.30. The molecular weight excluding hydrogens is 274 g/mol. The molecule has 0 aliphatic heterocycles. The first-order valence-electron chi connectivity index (χ1n) is 6.53. The van der Waals surface area contributed by atoms with Gasteiger partial charge in [0.1, 0.15) is 11.6 Å². The summed E-state index contributed by atoms with van der Waals surface area (Å²) in [4.78, 5) is 34.9. The molecule has 0 aromatic carbocycles. The number of alkyl carbamates (subject to hydrolysis) is 1. The van der Waals surface area contributed by atoms with Gasteiger partial charge < -0.3 is 15.4 Å². The zero-order valence-corrected chi connectivity index (χ0v) is 12.5. The summed E-state index contributed by atoms with van der Waals surface area (Å²) >= 11 is 0. The van der Waals surface area contributed by atoms with Crippen LogP contribution in [0, 0.1) is 11.3 Å². The second-order valence-electron chi connectivity index (χ2n) is 5.82. The van der Waals surface area contributed by atoms with Crippen LogP contribution in [-0.2, 0) is 14.3 Å². The Labute approximate surface area is 123 Å². The molecular formula is C14H19N3O4. The number of nitrogens with zero attached hydrogens (tertiary/aromatic N) is 1. The van der Waals surface area contributed by atoms with E-state index in [9.17, 15) is 14.4 Å². The number of ether oxygens (including phenoxy) is 1. The third kappa shape index (κ3) is 5.26. The molecule has 0 spiro atoms. The van der Waals surface area contributed by atoms with Crippen molar-refractivity contribution in [3.63, 3.8) is 0 Å². The Morgan fingerprint density at radius 2 is 2.00 bits per heavy atom. The molecule has 0 aromatic heterocycles. The highest BCUT2D eigenvalue weighted by atomic mass is 16.6. The normalized spacial score (nSPS) is 21.9. The Morgan fingerprint density at radius 3 is 2.48 bits per heavy atom. The van der Waals surface area contributed by atoms with Gasteiger partial charge in [0.05, 0.1) is 12.1 Å². The molecule has 0 fully saturated rings. The second kappa shape index (κ2) is 6.39. The highest BCUT2D eigenvalue weighted by Crippen LogP contribution is 2.17. The summed E-state index contributed by atoms with van der Waals surface area (Å²) in [6.07, 6.45) is 0.648. The van der Waals surface area contributed by atoms with Crippen LogP contribution in [0.15, 0.2) is 11.6 Å². The Bertz CT molecular complexity index is 525. The molecule has 0 bridgehead atoms. The van der Waals surface area contributed by atoms with Crippen LogP contribution in [0.25, 0.3) is 0 Å². The van der Waals surface area contributed by atoms with Crippen molar-refractivity contribution in [2.45, 2.75) is 51.8 Å². The minimum atomic E-state index is -0.896. The van der Waals surface area contributed by atoms with Crippen LogP contribution in [-0.4, -0.2) is 35.5 Å². The van der Waals surface area contributed by atoms with E-state index in [2.05, 4.69) is 10.6 Å². The largest absolute Gasteiger partial charge is 0.444 e. The summed E-state index contributed by atoms with van der Waals surface area (Å²) in [5, 5.41) is 13.9. The van der Waals surface area contributed by atoms with Crippen LogP contribution >= 0.6 is 0 Å². The Kier molecular flexibility index (Phi) is 5.08. The maximum atomic E-state index is 11.9. The van der Waals surface area contributed by atoms with E-state index in [-0.39, 0.29) is 12.0 Å². The Hall–Kier alpha value is -2.36. The number of nitrogens with one attached hydrogen (secondary N) is 2. The lowest BCUT2D eigenvalue weighted by Crippen LogP contribution is -2.57. The van der Waals surface area contributed by atoms with Crippen LogP contribution in [0.1, 0.15) is 34.1 Å². The molecule has 1 rings (SSSR count). The van der Waals surface area contributed by atoms with Gasteiger partial charge in [-0.1, -0.05) is 0 Å². The monoisotopic (exact) mass is 293 g/mol. The van der Waals surface area contributed by atoms with Crippen LogP contribution in [0.4, 0.5) is 4.79 Å². The highest BCUT2D eigenvalue weighted by Gasteiger charge is 2.34. The maximum Gasteiger partial charge on any atom is 0.407 e. The number of amides is 2. The van der Waals surface area contributed by atoms with Gasteiger partial charge in [0.15, 0.2) is 5.78 Å². The first kappa shape index (κ1) is 16.7. The van der Waals surface area contributed by atoms with Crippen LogP contribution in [0.2, 0.25) is 0 Å². The maximum absolute atomic E-state index is 11.9. The summed E-state index contributed by atoms with van der Waals surface area (Å²) < 4.78 is 5.12. The molecule has 2 atom stereocenters. The quantitative estimate of drug-likeness (QED) is 0.783. The fourth-order valence-electron chi connectivity index (χ4n) is 1.94. The molecule has 0 saturated heterocycles. The molecule has 1 aliphatic rings. The molecule has 0 aromatic rings. The van der Waals surface area contributed by atoms with Gasteiger partial charge in [-0.2, -0.15) is 5.26 Å². The van der Waals surface area contributed by atoms with Crippen molar-refractivity contribution in [2.75, 3.05) is 0 Å². The number of carbonyl (C=O) groups excluding carboxylic acids is 3. The SMILES string of the molecule is CC(=O)N[C@H]1C(=O)C=C(C#N)C[C@@H]1NC(=O)OC(C)(C)C. The highest BCUT2D eigenvalue weighted by molar-refractivity contribution is 5.99. The lowest BCUT2D eigenvalue weighted by atomic mass is 9.89.